The normalized spacial score (nSPS) is 29.0. The molecule has 0 saturated carbocycles. The summed E-state index contributed by atoms with van der Waals surface area (Å²) in [4.78, 5) is 23.4. The minimum absolute atomic E-state index is 0.0393. The van der Waals surface area contributed by atoms with Gasteiger partial charge in [-0.05, 0) is 29.3 Å². The fraction of sp³-hybridized carbons (Fsp3) is 0.250. The van der Waals surface area contributed by atoms with Crippen LogP contribution in [-0.2, 0) is 20.7 Å². The first-order valence-corrected chi connectivity index (χ1v) is 6.81. The number of Topliss-reactive ketones (excluding diaryl/α,β-unsaturated/α-hetero) is 1. The molecule has 6 nitrogen and oxygen atoms in total. The second-order valence-corrected chi connectivity index (χ2v) is 5.85. The summed E-state index contributed by atoms with van der Waals surface area (Å²) in [5, 5.41) is 30.2. The van der Waals surface area contributed by atoms with Crippen LogP contribution in [0.3, 0.4) is 0 Å². The zero-order valence-corrected chi connectivity index (χ0v) is 11.4. The number of phenols is 2. The van der Waals surface area contributed by atoms with E-state index in [1.807, 2.05) is 0 Å². The number of carbonyl (C=O) groups excluding carboxylic acids is 2. The topological polar surface area (TPSA) is 104 Å². The molecule has 0 spiro atoms. The van der Waals surface area contributed by atoms with Crippen molar-refractivity contribution in [2.75, 3.05) is 6.61 Å². The van der Waals surface area contributed by atoms with Gasteiger partial charge >= 0.3 is 0 Å². The van der Waals surface area contributed by atoms with Crippen molar-refractivity contribution in [3.63, 3.8) is 0 Å². The van der Waals surface area contributed by atoms with Crippen molar-refractivity contribution >= 4 is 11.6 Å². The first-order valence-electron chi connectivity index (χ1n) is 6.81. The van der Waals surface area contributed by atoms with Crippen LogP contribution in [0.5, 0.6) is 11.5 Å². The number of aromatic hydroxyl groups is 2. The third-order valence-corrected chi connectivity index (χ3v) is 4.47. The summed E-state index contributed by atoms with van der Waals surface area (Å²) >= 11 is 0. The van der Waals surface area contributed by atoms with Crippen LogP contribution in [0.25, 0.3) is 0 Å². The van der Waals surface area contributed by atoms with Crippen LogP contribution in [0.2, 0.25) is 0 Å². The van der Waals surface area contributed by atoms with Crippen molar-refractivity contribution in [2.45, 2.75) is 17.9 Å². The Morgan fingerprint density at radius 1 is 1.14 bits per heavy atom. The molecule has 0 bridgehead atoms. The Kier molecular flexibility index (Phi) is 2.37. The number of benzene rings is 1. The number of ketones is 2. The Hall–Kier alpha value is -2.60. The van der Waals surface area contributed by atoms with Gasteiger partial charge in [0.1, 0.15) is 12.2 Å². The van der Waals surface area contributed by atoms with Crippen LogP contribution in [0, 0.1) is 0 Å². The van der Waals surface area contributed by atoms with Gasteiger partial charge in [0.25, 0.3) is 5.78 Å². The number of hydrogen-bond donors (Lipinski definition) is 3. The lowest BCUT2D eigenvalue weighted by Crippen LogP contribution is -2.45. The molecule has 0 radical (unpaired) electrons. The standard InChI is InChI=1S/C16H12O6/c17-10-2-1-8-13-9-4-12(19)11(18)3-7(9)5-16(13,21)6-22-15(8)14(10)20/h1-4,13,18-19,21H,5-6H2. The zero-order chi connectivity index (χ0) is 15.6. The number of allylic oxidation sites excluding steroid dienone is 3. The van der Waals surface area contributed by atoms with Gasteiger partial charge in [0, 0.05) is 17.9 Å². The van der Waals surface area contributed by atoms with E-state index >= 15 is 0 Å². The highest BCUT2D eigenvalue weighted by Crippen LogP contribution is 2.52. The number of ether oxygens (including phenoxy) is 1. The summed E-state index contributed by atoms with van der Waals surface area (Å²) < 4.78 is 5.36. The van der Waals surface area contributed by atoms with Crippen molar-refractivity contribution in [1.29, 1.82) is 0 Å². The highest BCUT2D eigenvalue weighted by molar-refractivity contribution is 6.48. The van der Waals surface area contributed by atoms with E-state index < -0.39 is 23.1 Å². The van der Waals surface area contributed by atoms with Gasteiger partial charge in [0.05, 0.1) is 0 Å². The second-order valence-electron chi connectivity index (χ2n) is 5.85. The van der Waals surface area contributed by atoms with Crippen LogP contribution in [0.1, 0.15) is 17.0 Å². The molecule has 112 valence electrons. The number of carbonyl (C=O) groups is 2. The van der Waals surface area contributed by atoms with Gasteiger partial charge in [0.15, 0.2) is 17.3 Å². The van der Waals surface area contributed by atoms with Gasteiger partial charge < -0.3 is 20.1 Å². The van der Waals surface area contributed by atoms with Gasteiger partial charge in [0.2, 0.25) is 5.78 Å². The zero-order valence-electron chi connectivity index (χ0n) is 11.4. The van der Waals surface area contributed by atoms with E-state index in [4.69, 9.17) is 4.74 Å². The molecule has 0 aromatic heterocycles. The van der Waals surface area contributed by atoms with E-state index in [1.165, 1.54) is 18.2 Å². The fourth-order valence-electron chi connectivity index (χ4n) is 3.50. The summed E-state index contributed by atoms with van der Waals surface area (Å²) in [7, 11) is 0. The maximum atomic E-state index is 11.9. The van der Waals surface area contributed by atoms with E-state index in [9.17, 15) is 24.9 Å². The van der Waals surface area contributed by atoms with Crippen molar-refractivity contribution in [3.8, 4) is 11.5 Å². The van der Waals surface area contributed by atoms with Crippen LogP contribution >= 0.6 is 0 Å². The average molecular weight is 300 g/mol. The highest BCUT2D eigenvalue weighted by atomic mass is 16.5. The molecule has 1 aromatic rings. The summed E-state index contributed by atoms with van der Waals surface area (Å²) in [6.07, 6.45) is 2.87. The van der Waals surface area contributed by atoms with Crippen LogP contribution < -0.4 is 0 Å². The van der Waals surface area contributed by atoms with E-state index in [0.29, 0.717) is 16.7 Å². The SMILES string of the molecule is O=C1C=CC2=C(OCC3(O)Cc4cc(O)c(O)cc4C23)C1=O. The number of rotatable bonds is 0. The quantitative estimate of drug-likeness (QED) is 0.365. The molecule has 0 fully saturated rings. The Morgan fingerprint density at radius 2 is 1.86 bits per heavy atom. The van der Waals surface area contributed by atoms with Crippen molar-refractivity contribution in [2.24, 2.45) is 0 Å². The minimum Gasteiger partial charge on any atom is -0.504 e. The Morgan fingerprint density at radius 3 is 2.64 bits per heavy atom. The summed E-state index contributed by atoms with van der Waals surface area (Å²) in [5.74, 6) is -2.55. The summed E-state index contributed by atoms with van der Waals surface area (Å²) in [5.41, 5.74) is 0.465. The first kappa shape index (κ1) is 13.1. The lowest BCUT2D eigenvalue weighted by Gasteiger charge is -2.37. The maximum absolute atomic E-state index is 11.9. The Bertz CT molecular complexity index is 803. The number of aliphatic hydroxyl groups is 1. The van der Waals surface area contributed by atoms with E-state index in [1.54, 1.807) is 0 Å². The predicted octanol–water partition coefficient (Wildman–Crippen LogP) is 0.461. The third kappa shape index (κ3) is 1.52. The lowest BCUT2D eigenvalue weighted by atomic mass is 9.78. The molecule has 0 amide bonds. The van der Waals surface area contributed by atoms with Crippen molar-refractivity contribution in [1.82, 2.24) is 0 Å². The minimum atomic E-state index is -1.27. The largest absolute Gasteiger partial charge is 0.504 e. The molecule has 4 rings (SSSR count). The highest BCUT2D eigenvalue weighted by Gasteiger charge is 2.52. The Labute approximate surface area is 125 Å². The Balaban J connectivity index is 1.93. The monoisotopic (exact) mass is 300 g/mol. The van der Waals surface area contributed by atoms with Gasteiger partial charge in [-0.15, -0.1) is 0 Å². The van der Waals surface area contributed by atoms with E-state index in [2.05, 4.69) is 0 Å². The van der Waals surface area contributed by atoms with Crippen LogP contribution in [0.4, 0.5) is 0 Å². The van der Waals surface area contributed by atoms with E-state index in [0.717, 1.165) is 6.08 Å². The van der Waals surface area contributed by atoms with Gasteiger partial charge in [-0.25, -0.2) is 0 Å². The molecule has 1 heterocycles. The summed E-state index contributed by atoms with van der Waals surface area (Å²) in [6.45, 7) is -0.125. The molecule has 2 unspecified atom stereocenters. The molecule has 2 atom stereocenters. The lowest BCUT2D eigenvalue weighted by molar-refractivity contribution is -0.136. The molecule has 6 heteroatoms. The van der Waals surface area contributed by atoms with Gasteiger partial charge in [-0.3, -0.25) is 9.59 Å². The van der Waals surface area contributed by atoms with E-state index in [-0.39, 0.29) is 30.3 Å². The molecule has 22 heavy (non-hydrogen) atoms. The molecule has 1 aromatic carbocycles. The average Bonchev–Trinajstić information content (AvgIpc) is 2.75. The number of hydrogen-bond acceptors (Lipinski definition) is 6. The van der Waals surface area contributed by atoms with Crippen molar-refractivity contribution in [3.05, 3.63) is 46.7 Å². The van der Waals surface area contributed by atoms with Crippen molar-refractivity contribution < 1.29 is 29.6 Å². The predicted molar refractivity (Wildman–Crippen MR) is 73.3 cm³/mol. The first-order chi connectivity index (χ1) is 10.4. The van der Waals surface area contributed by atoms with Gasteiger partial charge in [-0.1, -0.05) is 6.08 Å². The van der Waals surface area contributed by atoms with Crippen LogP contribution in [-0.4, -0.2) is 39.1 Å². The number of fused-ring (bicyclic) bond motifs is 4. The second kappa shape index (κ2) is 3.98. The molecule has 1 aliphatic heterocycles. The smallest absolute Gasteiger partial charge is 0.267 e. The van der Waals surface area contributed by atoms with Crippen LogP contribution in [0.15, 0.2) is 35.6 Å². The molecule has 3 N–H and O–H groups in total. The molecular formula is C16H12O6. The maximum Gasteiger partial charge on any atom is 0.267 e. The molecule has 2 aliphatic carbocycles. The van der Waals surface area contributed by atoms with Gasteiger partial charge in [-0.2, -0.15) is 0 Å². The fourth-order valence-corrected chi connectivity index (χ4v) is 3.50. The molecule has 0 saturated heterocycles. The molecule has 3 aliphatic rings. The molecular weight excluding hydrogens is 288 g/mol. The summed E-state index contributed by atoms with van der Waals surface area (Å²) in [6, 6.07) is 2.79. The number of phenolic OH excluding ortho intramolecular Hbond substituents is 2. The third-order valence-electron chi connectivity index (χ3n) is 4.47.